The lowest BCUT2D eigenvalue weighted by molar-refractivity contribution is -0.384. The molecular formula is C13H11ClN2O3S. The van der Waals surface area contributed by atoms with Crippen molar-refractivity contribution < 1.29 is 9.72 Å². The first-order valence-electron chi connectivity index (χ1n) is 5.70. The van der Waals surface area contributed by atoms with E-state index in [0.29, 0.717) is 28.4 Å². The van der Waals surface area contributed by atoms with E-state index in [1.54, 1.807) is 6.07 Å². The van der Waals surface area contributed by atoms with Gasteiger partial charge in [-0.05, 0) is 18.2 Å². The maximum Gasteiger partial charge on any atom is 0.270 e. The van der Waals surface area contributed by atoms with E-state index in [-0.39, 0.29) is 5.69 Å². The number of nitro groups is 1. The minimum Gasteiger partial charge on any atom is -0.369 e. The average Bonchev–Trinajstić information content (AvgIpc) is 2.83. The minimum absolute atomic E-state index is 0.0941. The van der Waals surface area contributed by atoms with E-state index in [1.165, 1.54) is 23.5 Å². The molecule has 2 aromatic rings. The maximum atomic E-state index is 11.1. The zero-order valence-corrected chi connectivity index (χ0v) is 12.1. The van der Waals surface area contributed by atoms with Crippen molar-refractivity contribution in [3.05, 3.63) is 55.2 Å². The molecule has 0 aliphatic carbocycles. The van der Waals surface area contributed by atoms with Crippen LogP contribution in [0.4, 0.5) is 11.4 Å². The van der Waals surface area contributed by atoms with Crippen LogP contribution in [-0.4, -0.2) is 18.3 Å². The lowest BCUT2D eigenvalue weighted by atomic mass is 10.1. The number of rotatable bonds is 5. The van der Waals surface area contributed by atoms with Gasteiger partial charge in [-0.25, -0.2) is 0 Å². The predicted octanol–water partition coefficient (Wildman–Crippen LogP) is 3.76. The molecule has 104 valence electrons. The number of nitro benzene ring substituents is 1. The summed E-state index contributed by atoms with van der Waals surface area (Å²) in [4.78, 5) is 24.2. The van der Waals surface area contributed by atoms with Gasteiger partial charge in [0.2, 0.25) is 0 Å². The van der Waals surface area contributed by atoms with Gasteiger partial charge in [-0.15, -0.1) is 11.3 Å². The molecular weight excluding hydrogens is 300 g/mol. The first-order chi connectivity index (χ1) is 9.51. The van der Waals surface area contributed by atoms with Crippen molar-refractivity contribution in [3.63, 3.8) is 0 Å². The molecule has 0 spiro atoms. The van der Waals surface area contributed by atoms with Crippen molar-refractivity contribution in [2.45, 2.75) is 6.54 Å². The van der Waals surface area contributed by atoms with Crippen LogP contribution in [0.1, 0.15) is 15.2 Å². The number of nitrogens with zero attached hydrogens (tertiary/aromatic N) is 2. The molecule has 1 aromatic carbocycles. The van der Waals surface area contributed by atoms with Crippen LogP contribution in [-0.2, 0) is 6.54 Å². The smallest absolute Gasteiger partial charge is 0.270 e. The normalized spacial score (nSPS) is 10.3. The number of benzene rings is 1. The third kappa shape index (κ3) is 3.15. The van der Waals surface area contributed by atoms with Gasteiger partial charge in [-0.2, -0.15) is 0 Å². The number of halogens is 1. The lowest BCUT2D eigenvalue weighted by Gasteiger charge is -2.19. The van der Waals surface area contributed by atoms with E-state index in [1.807, 2.05) is 24.1 Å². The van der Waals surface area contributed by atoms with Crippen LogP contribution in [0.2, 0.25) is 4.34 Å². The van der Waals surface area contributed by atoms with Crippen LogP contribution in [0.15, 0.2) is 30.3 Å². The Kier molecular flexibility index (Phi) is 4.36. The molecule has 7 heteroatoms. The van der Waals surface area contributed by atoms with Crippen molar-refractivity contribution in [2.24, 2.45) is 0 Å². The van der Waals surface area contributed by atoms with Crippen molar-refractivity contribution in [3.8, 4) is 0 Å². The van der Waals surface area contributed by atoms with Crippen LogP contribution in [0.25, 0.3) is 0 Å². The molecule has 0 aliphatic heterocycles. The summed E-state index contributed by atoms with van der Waals surface area (Å²) in [7, 11) is 1.82. The second kappa shape index (κ2) is 6.02. The molecule has 0 aliphatic rings. The molecule has 0 radical (unpaired) electrons. The molecule has 0 bridgehead atoms. The zero-order valence-electron chi connectivity index (χ0n) is 10.6. The monoisotopic (exact) mass is 310 g/mol. The topological polar surface area (TPSA) is 63.4 Å². The molecule has 2 rings (SSSR count). The number of carbonyl (C=O) groups is 1. The summed E-state index contributed by atoms with van der Waals surface area (Å²) in [6, 6.07) is 7.97. The maximum absolute atomic E-state index is 11.1. The Morgan fingerprint density at radius 2 is 2.15 bits per heavy atom. The van der Waals surface area contributed by atoms with Crippen LogP contribution >= 0.6 is 22.9 Å². The molecule has 20 heavy (non-hydrogen) atoms. The molecule has 1 aromatic heterocycles. The third-order valence-corrected chi connectivity index (χ3v) is 4.00. The Morgan fingerprint density at radius 1 is 1.40 bits per heavy atom. The minimum atomic E-state index is -0.518. The number of anilines is 1. The highest BCUT2D eigenvalue weighted by atomic mass is 35.5. The standard InChI is InChI=1S/C13H11ClN2O3S/c1-15(7-11-3-5-13(14)20-11)12-4-2-10(16(18)19)6-9(12)8-17/h2-6,8H,7H2,1H3. The van der Waals surface area contributed by atoms with Gasteiger partial charge >= 0.3 is 0 Å². The molecule has 1 heterocycles. The largest absolute Gasteiger partial charge is 0.369 e. The highest BCUT2D eigenvalue weighted by molar-refractivity contribution is 7.16. The van der Waals surface area contributed by atoms with Crippen LogP contribution in [0, 0.1) is 10.1 Å². The molecule has 0 fully saturated rings. The van der Waals surface area contributed by atoms with Crippen molar-refractivity contribution in [1.82, 2.24) is 0 Å². The van der Waals surface area contributed by atoms with E-state index in [9.17, 15) is 14.9 Å². The zero-order chi connectivity index (χ0) is 14.7. The molecule has 0 atom stereocenters. The number of non-ortho nitro benzene ring substituents is 1. The molecule has 0 saturated heterocycles. The Morgan fingerprint density at radius 3 is 2.70 bits per heavy atom. The van der Waals surface area contributed by atoms with Crippen LogP contribution < -0.4 is 4.90 Å². The SMILES string of the molecule is CN(Cc1ccc(Cl)s1)c1ccc([N+](=O)[O-])cc1C=O. The molecule has 5 nitrogen and oxygen atoms in total. The van der Waals surface area contributed by atoms with Crippen LogP contribution in [0.3, 0.4) is 0 Å². The van der Waals surface area contributed by atoms with E-state index in [4.69, 9.17) is 11.6 Å². The van der Waals surface area contributed by atoms with Gasteiger partial charge < -0.3 is 4.90 Å². The fourth-order valence-corrected chi connectivity index (χ4v) is 2.99. The Bertz CT molecular complexity index is 657. The van der Waals surface area contributed by atoms with Gasteiger partial charge in [0.25, 0.3) is 5.69 Å². The fourth-order valence-electron chi connectivity index (χ4n) is 1.85. The fraction of sp³-hybridized carbons (Fsp3) is 0.154. The average molecular weight is 311 g/mol. The highest BCUT2D eigenvalue weighted by Crippen LogP contribution is 2.27. The second-order valence-electron chi connectivity index (χ2n) is 4.18. The number of thiophene rings is 1. The number of aldehydes is 1. The van der Waals surface area contributed by atoms with E-state index < -0.39 is 4.92 Å². The summed E-state index contributed by atoms with van der Waals surface area (Å²) in [5, 5.41) is 10.7. The van der Waals surface area contributed by atoms with Gasteiger partial charge in [-0.1, -0.05) is 11.6 Å². The van der Waals surface area contributed by atoms with Gasteiger partial charge in [-0.3, -0.25) is 14.9 Å². The number of hydrogen-bond acceptors (Lipinski definition) is 5. The molecule has 0 unspecified atom stereocenters. The summed E-state index contributed by atoms with van der Waals surface area (Å²) in [6.45, 7) is 0.579. The summed E-state index contributed by atoms with van der Waals surface area (Å²) >= 11 is 7.33. The number of hydrogen-bond donors (Lipinski definition) is 0. The van der Waals surface area contributed by atoms with Gasteiger partial charge in [0, 0.05) is 35.3 Å². The van der Waals surface area contributed by atoms with E-state index in [0.717, 1.165) is 4.88 Å². The Labute approximate surface area is 124 Å². The number of carbonyl (C=O) groups excluding carboxylic acids is 1. The molecule has 0 saturated carbocycles. The summed E-state index contributed by atoms with van der Waals surface area (Å²) < 4.78 is 0.702. The first kappa shape index (κ1) is 14.5. The summed E-state index contributed by atoms with van der Waals surface area (Å²) in [5.74, 6) is 0. The van der Waals surface area contributed by atoms with Gasteiger partial charge in [0.1, 0.15) is 0 Å². The van der Waals surface area contributed by atoms with E-state index in [2.05, 4.69) is 0 Å². The van der Waals surface area contributed by atoms with Crippen molar-refractivity contribution in [1.29, 1.82) is 0 Å². The van der Waals surface area contributed by atoms with E-state index >= 15 is 0 Å². The predicted molar refractivity (Wildman–Crippen MR) is 79.9 cm³/mol. The van der Waals surface area contributed by atoms with Gasteiger partial charge in [0.05, 0.1) is 15.8 Å². The van der Waals surface area contributed by atoms with Crippen molar-refractivity contribution in [2.75, 3.05) is 11.9 Å². The third-order valence-electron chi connectivity index (χ3n) is 2.78. The summed E-state index contributed by atoms with van der Waals surface area (Å²) in [6.07, 6.45) is 0.625. The first-order valence-corrected chi connectivity index (χ1v) is 6.89. The second-order valence-corrected chi connectivity index (χ2v) is 5.98. The summed E-state index contributed by atoms with van der Waals surface area (Å²) in [5.41, 5.74) is 0.850. The van der Waals surface area contributed by atoms with Crippen molar-refractivity contribution >= 4 is 40.6 Å². The van der Waals surface area contributed by atoms with Gasteiger partial charge in [0.15, 0.2) is 6.29 Å². The molecule has 0 N–H and O–H groups in total. The molecule has 0 amide bonds. The lowest BCUT2D eigenvalue weighted by Crippen LogP contribution is -2.17. The van der Waals surface area contributed by atoms with Crippen LogP contribution in [0.5, 0.6) is 0 Å². The Balaban J connectivity index is 2.27. The highest BCUT2D eigenvalue weighted by Gasteiger charge is 2.13. The quantitative estimate of drug-likeness (QED) is 0.479. The Hall–Kier alpha value is -1.92.